The lowest BCUT2D eigenvalue weighted by Gasteiger charge is -2.27. The van der Waals surface area contributed by atoms with Crippen molar-refractivity contribution in [2.45, 2.75) is 35.9 Å². The van der Waals surface area contributed by atoms with E-state index in [2.05, 4.69) is 16.7 Å². The van der Waals surface area contributed by atoms with Gasteiger partial charge in [0.1, 0.15) is 11.5 Å². The maximum Gasteiger partial charge on any atom is 0.534 e. The van der Waals surface area contributed by atoms with E-state index in [0.717, 1.165) is 29.5 Å². The van der Waals surface area contributed by atoms with Gasteiger partial charge in [0.05, 0.1) is 28.7 Å². The monoisotopic (exact) mass is 1090 g/mol. The van der Waals surface area contributed by atoms with Crippen molar-refractivity contribution < 1.29 is 122 Å². The van der Waals surface area contributed by atoms with Crippen LogP contribution in [0.25, 0.3) is 21.9 Å². The molecule has 1 aliphatic rings. The molecule has 3 aromatic carbocycles. The number of fused-ring (bicyclic) bond motifs is 2. The van der Waals surface area contributed by atoms with E-state index in [1.807, 2.05) is 0 Å². The third-order valence-electron chi connectivity index (χ3n) is 7.63. The molecule has 3 aromatic rings. The van der Waals surface area contributed by atoms with Gasteiger partial charge in [-0.25, -0.2) is 0 Å². The number of hydrogen-bond donors (Lipinski definition) is 0. The first kappa shape index (κ1) is 49.1. The van der Waals surface area contributed by atoms with Crippen molar-refractivity contribution in [2.75, 3.05) is 14.2 Å². The Hall–Kier alpha value is -4.51. The zero-order chi connectivity index (χ0) is 47.2. The summed E-state index contributed by atoms with van der Waals surface area (Å²) in [5, 5.41) is -3.84. The van der Waals surface area contributed by atoms with Gasteiger partial charge in [-0.3, -0.25) is 9.59 Å². The second-order valence-electron chi connectivity index (χ2n) is 11.5. The number of halogens is 13. The molecule has 0 saturated carbocycles. The Morgan fingerprint density at radius 2 is 0.820 bits per heavy atom. The van der Waals surface area contributed by atoms with Crippen LogP contribution in [0.2, 0.25) is 0 Å². The minimum atomic E-state index is -7.13. The number of carbonyl (C=O) groups is 2. The molecular formula is C28H15F12IO16S4. The van der Waals surface area contributed by atoms with Gasteiger partial charge in [-0.15, -0.1) is 0 Å². The highest BCUT2D eigenvalue weighted by Gasteiger charge is 2.53. The van der Waals surface area contributed by atoms with Crippen molar-refractivity contribution in [2.24, 2.45) is 0 Å². The largest absolute Gasteiger partial charge is 0.534 e. The first-order valence-corrected chi connectivity index (χ1v) is 21.4. The van der Waals surface area contributed by atoms with Crippen LogP contribution < -0.4 is 26.2 Å². The highest BCUT2D eigenvalue weighted by molar-refractivity contribution is 14.1. The molecule has 0 heterocycles. The fraction of sp³-hybridized carbons (Fsp3) is 0.286. The lowest BCUT2D eigenvalue weighted by atomic mass is 9.81. The van der Waals surface area contributed by atoms with Crippen molar-refractivity contribution in [3.8, 4) is 45.6 Å². The molecule has 4 rings (SSSR count). The number of carbonyl (C=O) groups excluding carboxylic acids is 2. The molecule has 0 bridgehead atoms. The number of alkyl halides is 12. The Labute approximate surface area is 345 Å². The van der Waals surface area contributed by atoms with Crippen LogP contribution in [0.15, 0.2) is 27.4 Å². The quantitative estimate of drug-likeness (QED) is 0.0830. The van der Waals surface area contributed by atoms with Crippen LogP contribution >= 0.6 is 22.6 Å². The van der Waals surface area contributed by atoms with E-state index in [-0.39, 0.29) is 18.2 Å². The maximum atomic E-state index is 14.0. The fourth-order valence-corrected chi connectivity index (χ4v) is 7.50. The smallest absolute Gasteiger partial charge is 0.496 e. The molecule has 0 aliphatic heterocycles. The number of ether oxygens (including phenoxy) is 2. The number of hydrogen-bond acceptors (Lipinski definition) is 16. The van der Waals surface area contributed by atoms with E-state index < -0.39 is 156 Å². The average Bonchev–Trinajstić information content (AvgIpc) is 3.08. The molecule has 0 radical (unpaired) electrons. The summed E-state index contributed by atoms with van der Waals surface area (Å²) >= 11 is 1.14. The molecule has 0 fully saturated rings. The summed E-state index contributed by atoms with van der Waals surface area (Å²) < 4.78 is 288. The van der Waals surface area contributed by atoms with Gasteiger partial charge in [-0.05, 0) is 48.1 Å². The van der Waals surface area contributed by atoms with Gasteiger partial charge in [0.2, 0.25) is 5.78 Å². The second kappa shape index (κ2) is 15.4. The van der Waals surface area contributed by atoms with Crippen molar-refractivity contribution >= 4 is 85.4 Å². The maximum absolute atomic E-state index is 14.0. The van der Waals surface area contributed by atoms with Crippen molar-refractivity contribution in [3.63, 3.8) is 0 Å². The number of aryl methyl sites for hydroxylation is 1. The summed E-state index contributed by atoms with van der Waals surface area (Å²) in [6.07, 6.45) is 0. The predicted molar refractivity (Wildman–Crippen MR) is 185 cm³/mol. The minimum absolute atomic E-state index is 0.0731. The molecule has 0 unspecified atom stereocenters. The molecule has 0 aromatic heterocycles. The van der Waals surface area contributed by atoms with Gasteiger partial charge in [-0.1, -0.05) is 0 Å². The third kappa shape index (κ3) is 8.65. The topological polar surface area (TPSA) is 226 Å². The highest BCUT2D eigenvalue weighted by Crippen LogP contribution is 2.57. The van der Waals surface area contributed by atoms with Gasteiger partial charge in [0.15, 0.2) is 28.8 Å². The average molecular weight is 1090 g/mol. The Morgan fingerprint density at radius 3 is 1.23 bits per heavy atom. The number of Topliss-reactive ketones (excluding diaryl/α,β-unsaturated/α-hetero) is 2. The predicted octanol–water partition coefficient (Wildman–Crippen LogP) is 6.83. The molecule has 0 saturated heterocycles. The Bertz CT molecular complexity index is 2900. The lowest BCUT2D eigenvalue weighted by molar-refractivity contribution is -0.0506. The molecule has 61 heavy (non-hydrogen) atoms. The molecule has 16 nitrogen and oxygen atoms in total. The van der Waals surface area contributed by atoms with Gasteiger partial charge in [0, 0.05) is 39.8 Å². The van der Waals surface area contributed by atoms with Crippen LogP contribution in [-0.4, -0.2) is 81.5 Å². The Balaban J connectivity index is 2.52. The second-order valence-corrected chi connectivity index (χ2v) is 18.7. The normalized spacial score (nSPS) is 14.8. The fourth-order valence-electron chi connectivity index (χ4n) is 5.07. The number of methoxy groups -OCH3 is 2. The Morgan fingerprint density at radius 1 is 0.459 bits per heavy atom. The number of allylic oxidation sites excluding steroid dienone is 2. The van der Waals surface area contributed by atoms with Gasteiger partial charge < -0.3 is 26.2 Å². The van der Waals surface area contributed by atoms with E-state index in [1.165, 1.54) is 0 Å². The lowest BCUT2D eigenvalue weighted by Crippen LogP contribution is -2.30. The third-order valence-corrected chi connectivity index (χ3v) is 12.8. The highest BCUT2D eigenvalue weighted by atomic mass is 127. The van der Waals surface area contributed by atoms with E-state index in [4.69, 9.17) is 9.47 Å². The first-order valence-electron chi connectivity index (χ1n) is 14.7. The van der Waals surface area contributed by atoms with Gasteiger partial charge in [-0.2, -0.15) is 86.4 Å². The summed E-state index contributed by atoms with van der Waals surface area (Å²) in [7, 11) is -27.1. The molecule has 1 aliphatic carbocycles. The van der Waals surface area contributed by atoms with Crippen LogP contribution in [0.5, 0.6) is 34.5 Å². The van der Waals surface area contributed by atoms with Crippen LogP contribution in [0.1, 0.15) is 33.2 Å². The van der Waals surface area contributed by atoms with Crippen LogP contribution in [0.4, 0.5) is 52.7 Å². The molecule has 0 N–H and O–H groups in total. The molecule has 0 amide bonds. The van der Waals surface area contributed by atoms with Crippen molar-refractivity contribution in [3.05, 3.63) is 44.0 Å². The molecule has 0 atom stereocenters. The Kier molecular flexibility index (Phi) is 12.4. The number of rotatable bonds is 11. The van der Waals surface area contributed by atoms with Crippen LogP contribution in [0, 0.1) is 6.92 Å². The first-order chi connectivity index (χ1) is 27.3. The minimum Gasteiger partial charge on any atom is -0.496 e. The summed E-state index contributed by atoms with van der Waals surface area (Å²) in [4.78, 5) is 27.7. The van der Waals surface area contributed by atoms with E-state index in [1.54, 1.807) is 0 Å². The zero-order valence-electron chi connectivity index (χ0n) is 29.3. The summed E-state index contributed by atoms with van der Waals surface area (Å²) in [6, 6.07) is -0.101. The van der Waals surface area contributed by atoms with E-state index in [0.29, 0.717) is 21.1 Å². The standard InChI is InChI=1S/C28H15F12IO16S4/c1-8-5-12(54-58(44,45)25(29,30)31)17-15(10(52-3)7-14(56-60(48,49)27(35,36)37)19(17)24(8)57-61(50,51)28(38,39)40)16-11(53-4)6-13(55-59(46,47)26(32,33)34)18-20(16)22(42)9(2)21(41)23(18)43/h5-7H,1-4H3. The van der Waals surface area contributed by atoms with Crippen LogP contribution in [0.3, 0.4) is 0 Å². The van der Waals surface area contributed by atoms with Crippen LogP contribution in [-0.2, 0) is 40.5 Å². The summed E-state index contributed by atoms with van der Waals surface area (Å²) in [6.45, 7) is 1.24. The number of ketones is 2. The molecule has 0 spiro atoms. The van der Waals surface area contributed by atoms with Crippen molar-refractivity contribution in [1.82, 2.24) is 0 Å². The zero-order valence-corrected chi connectivity index (χ0v) is 34.7. The summed E-state index contributed by atoms with van der Waals surface area (Å²) in [5.41, 5.74) is -33.5. The molecule has 33 heteroatoms. The van der Waals surface area contributed by atoms with E-state index >= 15 is 0 Å². The molecular weight excluding hydrogens is 1080 g/mol. The molecule has 338 valence electrons. The van der Waals surface area contributed by atoms with Crippen molar-refractivity contribution in [1.29, 1.82) is 0 Å². The summed E-state index contributed by atoms with van der Waals surface area (Å²) in [5.74, 6) is -13.6. The van der Waals surface area contributed by atoms with Gasteiger partial charge >= 0.3 is 62.5 Å². The number of benzene rings is 3. The van der Waals surface area contributed by atoms with E-state index in [9.17, 15) is 95.9 Å². The van der Waals surface area contributed by atoms with Gasteiger partial charge in [0.25, 0.3) is 0 Å². The SMILES string of the molecule is COc1cc(OS(=O)(=O)C(F)(F)F)c2c(c1-c1c(OC)cc(OS(=O)(=O)C(F)(F)F)c3c(OS(=O)(=O)C(F)(F)F)c(C)cc(OS(=O)(=O)C(F)(F)F)c13)C(=O)C(C)=C(I)C2=O.